The highest BCUT2D eigenvalue weighted by Crippen LogP contribution is 2.30. The van der Waals surface area contributed by atoms with Gasteiger partial charge < -0.3 is 10.2 Å². The predicted molar refractivity (Wildman–Crippen MR) is 74.2 cm³/mol. The Balaban J connectivity index is 2.48. The van der Waals surface area contributed by atoms with E-state index in [1.807, 2.05) is 6.08 Å². The Morgan fingerprint density at radius 2 is 2.00 bits per heavy atom. The van der Waals surface area contributed by atoms with Crippen LogP contribution in [0.15, 0.2) is 12.2 Å². The third-order valence-corrected chi connectivity index (χ3v) is 3.42. The molecule has 0 radical (unpaired) electrons. The molecule has 0 spiro atoms. The molecule has 0 aromatic rings. The van der Waals surface area contributed by atoms with Crippen LogP contribution in [0.4, 0.5) is 0 Å². The molecule has 2 N–H and O–H groups in total. The second-order valence-electron chi connectivity index (χ2n) is 6.27. The van der Waals surface area contributed by atoms with Gasteiger partial charge in [0.15, 0.2) is 0 Å². The van der Waals surface area contributed by atoms with Gasteiger partial charge in [0, 0.05) is 6.42 Å². The first-order chi connectivity index (χ1) is 7.68. The molecule has 3 heteroatoms. The highest BCUT2D eigenvalue weighted by Gasteiger charge is 2.23. The Kier molecular flexibility index (Phi) is 4.59. The third-order valence-electron chi connectivity index (χ3n) is 2.54. The largest absolute Gasteiger partial charge is 0.389 e. The number of allylic oxidation sites excluding steroid dienone is 1. The number of hydrogen-bond acceptors (Lipinski definition) is 2. The maximum atomic E-state index is 10.1. The maximum Gasteiger partial charge on any atom is 0.129 e. The van der Waals surface area contributed by atoms with Crippen LogP contribution in [0.5, 0.6) is 0 Å². The normalized spacial score (nSPS) is 21.8. The van der Waals surface area contributed by atoms with E-state index in [4.69, 9.17) is 0 Å². The summed E-state index contributed by atoms with van der Waals surface area (Å²) in [5.41, 5.74) is 2.06. The van der Waals surface area contributed by atoms with E-state index in [-0.39, 0.29) is 6.42 Å². The molecule has 1 aliphatic rings. The molecule has 0 aromatic heterocycles. The Morgan fingerprint density at radius 3 is 2.47 bits per heavy atom. The number of aliphatic hydroxyl groups is 2. The molecule has 0 amide bonds. The predicted octanol–water partition coefficient (Wildman–Crippen LogP) is 2.34. The second kappa shape index (κ2) is 5.39. The van der Waals surface area contributed by atoms with E-state index in [0.29, 0.717) is 5.92 Å². The molecular weight excluding hydrogens is 228 g/mol. The van der Waals surface area contributed by atoms with Crippen molar-refractivity contribution in [1.29, 1.82) is 0 Å². The summed E-state index contributed by atoms with van der Waals surface area (Å²) in [6.07, 6.45) is 5.99. The van der Waals surface area contributed by atoms with Crippen molar-refractivity contribution in [2.45, 2.75) is 57.5 Å². The summed E-state index contributed by atoms with van der Waals surface area (Å²) in [5.74, 6) is 3.56. The van der Waals surface area contributed by atoms with Crippen LogP contribution < -0.4 is 0 Å². The molecule has 0 heterocycles. The van der Waals surface area contributed by atoms with E-state index >= 15 is 0 Å². The SMILES string of the molecule is C[C@@](O)(C#C[Si](C)(C)C)C[C@@H](O)/C=C/C1CC1. The highest BCUT2D eigenvalue weighted by atomic mass is 28.3. The summed E-state index contributed by atoms with van der Waals surface area (Å²) in [5, 5.41) is 19.9. The molecule has 1 fully saturated rings. The quantitative estimate of drug-likeness (QED) is 0.458. The molecule has 0 aliphatic heterocycles. The number of aliphatic hydroxyl groups excluding tert-OH is 1. The van der Waals surface area contributed by atoms with Gasteiger partial charge in [0.1, 0.15) is 13.7 Å². The lowest BCUT2D eigenvalue weighted by atomic mass is 9.99. The van der Waals surface area contributed by atoms with E-state index in [0.717, 1.165) is 0 Å². The molecule has 1 aliphatic carbocycles. The molecular formula is C14H24O2Si. The zero-order valence-corrected chi connectivity index (χ0v) is 12.3. The Hall–Kier alpha value is -0.563. The summed E-state index contributed by atoms with van der Waals surface area (Å²) in [6, 6.07) is 0. The molecule has 0 aromatic carbocycles. The average molecular weight is 252 g/mol. The zero-order valence-electron chi connectivity index (χ0n) is 11.3. The number of rotatable bonds is 4. The lowest BCUT2D eigenvalue weighted by molar-refractivity contribution is 0.0652. The minimum absolute atomic E-state index is 0.285. The van der Waals surface area contributed by atoms with Crippen LogP contribution in [-0.2, 0) is 0 Å². The fourth-order valence-electron chi connectivity index (χ4n) is 1.42. The molecule has 2 atom stereocenters. The van der Waals surface area contributed by atoms with Crippen LogP contribution in [0.1, 0.15) is 26.2 Å². The Labute approximate surface area is 106 Å². The summed E-state index contributed by atoms with van der Waals surface area (Å²) < 4.78 is 0. The first-order valence-electron chi connectivity index (χ1n) is 6.31. The van der Waals surface area contributed by atoms with Gasteiger partial charge >= 0.3 is 0 Å². The van der Waals surface area contributed by atoms with Crippen molar-refractivity contribution in [2.75, 3.05) is 0 Å². The van der Waals surface area contributed by atoms with E-state index in [9.17, 15) is 10.2 Å². The topological polar surface area (TPSA) is 40.5 Å². The van der Waals surface area contributed by atoms with Crippen molar-refractivity contribution in [3.05, 3.63) is 12.2 Å². The molecule has 2 nitrogen and oxygen atoms in total. The smallest absolute Gasteiger partial charge is 0.129 e. The first kappa shape index (κ1) is 14.5. The van der Waals surface area contributed by atoms with Crippen LogP contribution in [0, 0.1) is 17.4 Å². The van der Waals surface area contributed by atoms with Gasteiger partial charge in [0.25, 0.3) is 0 Å². The highest BCUT2D eigenvalue weighted by molar-refractivity contribution is 6.83. The van der Waals surface area contributed by atoms with Gasteiger partial charge in [-0.2, -0.15) is 0 Å². The maximum absolute atomic E-state index is 10.1. The van der Waals surface area contributed by atoms with Gasteiger partial charge in [-0.25, -0.2) is 0 Å². The fraction of sp³-hybridized carbons (Fsp3) is 0.714. The van der Waals surface area contributed by atoms with Crippen molar-refractivity contribution in [1.82, 2.24) is 0 Å². The summed E-state index contributed by atoms with van der Waals surface area (Å²) >= 11 is 0. The minimum Gasteiger partial charge on any atom is -0.389 e. The van der Waals surface area contributed by atoms with Crippen molar-refractivity contribution < 1.29 is 10.2 Å². The minimum atomic E-state index is -1.47. The average Bonchev–Trinajstić information content (AvgIpc) is 2.93. The number of hydrogen-bond donors (Lipinski definition) is 2. The van der Waals surface area contributed by atoms with E-state index in [1.165, 1.54) is 12.8 Å². The van der Waals surface area contributed by atoms with Crippen LogP contribution >= 0.6 is 0 Å². The van der Waals surface area contributed by atoms with Gasteiger partial charge in [0.05, 0.1) is 6.10 Å². The summed E-state index contributed by atoms with van der Waals surface area (Å²) in [4.78, 5) is 0. The molecule has 0 saturated heterocycles. The van der Waals surface area contributed by atoms with E-state index < -0.39 is 19.8 Å². The molecule has 0 unspecified atom stereocenters. The first-order valence-corrected chi connectivity index (χ1v) is 9.81. The second-order valence-corrected chi connectivity index (χ2v) is 11.0. The van der Waals surface area contributed by atoms with Gasteiger partial charge in [-0.15, -0.1) is 5.54 Å². The van der Waals surface area contributed by atoms with Crippen molar-refractivity contribution >= 4 is 8.07 Å². The van der Waals surface area contributed by atoms with E-state index in [1.54, 1.807) is 13.0 Å². The van der Waals surface area contributed by atoms with Crippen LogP contribution in [0.2, 0.25) is 19.6 Å². The van der Waals surface area contributed by atoms with Crippen LogP contribution in [0.3, 0.4) is 0 Å². The molecule has 1 saturated carbocycles. The molecule has 96 valence electrons. The van der Waals surface area contributed by atoms with Gasteiger partial charge in [-0.05, 0) is 25.7 Å². The summed E-state index contributed by atoms with van der Waals surface area (Å²) in [6.45, 7) is 8.09. The van der Waals surface area contributed by atoms with Crippen molar-refractivity contribution in [2.24, 2.45) is 5.92 Å². The standard InChI is InChI=1S/C14H24O2Si/c1-14(16,9-10-17(2,3)4)11-13(15)8-7-12-5-6-12/h7-8,12-13,15-16H,5-6,11H2,1-4H3/b8-7+/t13-,14+/m0/s1. The summed E-state index contributed by atoms with van der Waals surface area (Å²) in [7, 11) is -1.47. The van der Waals surface area contributed by atoms with Crippen molar-refractivity contribution in [3.63, 3.8) is 0 Å². The third kappa shape index (κ3) is 7.38. The van der Waals surface area contributed by atoms with Gasteiger partial charge in [-0.1, -0.05) is 37.7 Å². The van der Waals surface area contributed by atoms with E-state index in [2.05, 4.69) is 31.1 Å². The molecule has 1 rings (SSSR count). The molecule has 0 bridgehead atoms. The lowest BCUT2D eigenvalue weighted by Gasteiger charge is -2.19. The monoisotopic (exact) mass is 252 g/mol. The van der Waals surface area contributed by atoms with Crippen LogP contribution in [0.25, 0.3) is 0 Å². The van der Waals surface area contributed by atoms with Gasteiger partial charge in [0.2, 0.25) is 0 Å². The van der Waals surface area contributed by atoms with Crippen LogP contribution in [-0.4, -0.2) is 30.0 Å². The Morgan fingerprint density at radius 1 is 1.41 bits per heavy atom. The fourth-order valence-corrected chi connectivity index (χ4v) is 2.07. The van der Waals surface area contributed by atoms with Gasteiger partial charge in [-0.3, -0.25) is 0 Å². The Bertz CT molecular complexity index is 337. The molecule has 17 heavy (non-hydrogen) atoms. The van der Waals surface area contributed by atoms with Crippen molar-refractivity contribution in [3.8, 4) is 11.5 Å². The lowest BCUT2D eigenvalue weighted by Crippen LogP contribution is -2.29. The zero-order chi connectivity index (χ0) is 13.1.